The maximum absolute atomic E-state index is 5.86. The van der Waals surface area contributed by atoms with Crippen LogP contribution in [-0.2, 0) is 9.47 Å². The number of aliphatic imine (C=N–C) groups is 1. The lowest BCUT2D eigenvalue weighted by Crippen LogP contribution is -2.51. The Morgan fingerprint density at radius 3 is 2.71 bits per heavy atom. The van der Waals surface area contributed by atoms with Crippen molar-refractivity contribution in [2.75, 3.05) is 57.5 Å². The minimum atomic E-state index is 0. The van der Waals surface area contributed by atoms with Gasteiger partial charge in [-0.25, -0.2) is 0 Å². The standard InChI is InChI=1S/C24H40N4O2.HI/c1-3-25-24(26-13-5-15-30-19-21-11-16-29-17-12-21)27-22-6-4-14-28(18-22)23-9-7-20(2)8-10-23;/h7-10,21-22H,3-6,11-19H2,1-2H3,(H2,25,26,27);1H. The van der Waals surface area contributed by atoms with Gasteiger partial charge in [-0.3, -0.25) is 4.99 Å². The minimum Gasteiger partial charge on any atom is -0.381 e. The van der Waals surface area contributed by atoms with E-state index in [9.17, 15) is 0 Å². The SMILES string of the molecule is CCNC(=NCCCOCC1CCOCC1)NC1CCCN(c2ccc(C)cc2)C1.I. The highest BCUT2D eigenvalue weighted by atomic mass is 127. The van der Waals surface area contributed by atoms with Crippen LogP contribution in [0.2, 0.25) is 0 Å². The smallest absolute Gasteiger partial charge is 0.191 e. The summed E-state index contributed by atoms with van der Waals surface area (Å²) >= 11 is 0. The van der Waals surface area contributed by atoms with Crippen molar-refractivity contribution in [1.29, 1.82) is 0 Å². The van der Waals surface area contributed by atoms with E-state index in [0.717, 1.165) is 77.8 Å². The van der Waals surface area contributed by atoms with Gasteiger partial charge in [0.2, 0.25) is 0 Å². The molecule has 7 heteroatoms. The fourth-order valence-electron chi connectivity index (χ4n) is 4.12. The van der Waals surface area contributed by atoms with Crippen LogP contribution in [0.15, 0.2) is 29.3 Å². The summed E-state index contributed by atoms with van der Waals surface area (Å²) in [5.41, 5.74) is 2.62. The van der Waals surface area contributed by atoms with Crippen molar-refractivity contribution in [2.24, 2.45) is 10.9 Å². The van der Waals surface area contributed by atoms with Crippen LogP contribution in [0.5, 0.6) is 0 Å². The first kappa shape index (κ1) is 26.2. The van der Waals surface area contributed by atoms with Crippen molar-refractivity contribution in [2.45, 2.75) is 52.0 Å². The number of anilines is 1. The van der Waals surface area contributed by atoms with E-state index < -0.39 is 0 Å². The van der Waals surface area contributed by atoms with Gasteiger partial charge < -0.3 is 25.0 Å². The van der Waals surface area contributed by atoms with Crippen LogP contribution in [0.4, 0.5) is 5.69 Å². The van der Waals surface area contributed by atoms with Crippen LogP contribution in [0.3, 0.4) is 0 Å². The summed E-state index contributed by atoms with van der Waals surface area (Å²) < 4.78 is 11.3. The molecule has 0 radical (unpaired) electrons. The van der Waals surface area contributed by atoms with E-state index in [-0.39, 0.29) is 24.0 Å². The van der Waals surface area contributed by atoms with E-state index >= 15 is 0 Å². The lowest BCUT2D eigenvalue weighted by atomic mass is 10.0. The summed E-state index contributed by atoms with van der Waals surface area (Å²) in [6.07, 6.45) is 5.60. The minimum absolute atomic E-state index is 0. The Morgan fingerprint density at radius 1 is 1.19 bits per heavy atom. The molecule has 176 valence electrons. The van der Waals surface area contributed by atoms with E-state index in [4.69, 9.17) is 14.5 Å². The van der Waals surface area contributed by atoms with Crippen LogP contribution < -0.4 is 15.5 Å². The molecule has 1 aromatic rings. The van der Waals surface area contributed by atoms with Crippen molar-refractivity contribution in [3.8, 4) is 0 Å². The van der Waals surface area contributed by atoms with Gasteiger partial charge in [0.15, 0.2) is 5.96 Å². The second kappa shape index (κ2) is 14.9. The highest BCUT2D eigenvalue weighted by Gasteiger charge is 2.21. The third-order valence-electron chi connectivity index (χ3n) is 5.92. The first-order valence-corrected chi connectivity index (χ1v) is 11.8. The summed E-state index contributed by atoms with van der Waals surface area (Å²) in [6, 6.07) is 9.28. The topological polar surface area (TPSA) is 58.1 Å². The molecule has 6 nitrogen and oxygen atoms in total. The van der Waals surface area contributed by atoms with Gasteiger partial charge in [-0.2, -0.15) is 0 Å². The van der Waals surface area contributed by atoms with Crippen LogP contribution >= 0.6 is 24.0 Å². The number of halogens is 1. The predicted octanol–water partition coefficient (Wildman–Crippen LogP) is 3.97. The van der Waals surface area contributed by atoms with Gasteiger partial charge in [0, 0.05) is 64.3 Å². The molecule has 1 atom stereocenters. The second-order valence-corrected chi connectivity index (χ2v) is 8.51. The van der Waals surface area contributed by atoms with E-state index in [1.165, 1.54) is 24.1 Å². The lowest BCUT2D eigenvalue weighted by molar-refractivity contribution is 0.0205. The van der Waals surface area contributed by atoms with Crippen LogP contribution in [-0.4, -0.2) is 64.6 Å². The number of guanidine groups is 1. The molecular weight excluding hydrogens is 503 g/mol. The van der Waals surface area contributed by atoms with Crippen LogP contribution in [0, 0.1) is 12.8 Å². The first-order chi connectivity index (χ1) is 14.7. The number of piperidine rings is 1. The molecule has 0 amide bonds. The second-order valence-electron chi connectivity index (χ2n) is 8.51. The number of ether oxygens (including phenoxy) is 2. The maximum atomic E-state index is 5.86. The van der Waals surface area contributed by atoms with Crippen molar-refractivity contribution in [1.82, 2.24) is 10.6 Å². The molecule has 0 spiro atoms. The first-order valence-electron chi connectivity index (χ1n) is 11.8. The molecule has 3 rings (SSSR count). The zero-order valence-corrected chi connectivity index (χ0v) is 21.6. The maximum Gasteiger partial charge on any atom is 0.191 e. The van der Waals surface area contributed by atoms with Crippen molar-refractivity contribution >= 4 is 35.6 Å². The number of hydrogen-bond donors (Lipinski definition) is 2. The average Bonchev–Trinajstić information content (AvgIpc) is 2.77. The molecule has 0 aliphatic carbocycles. The average molecular weight is 545 g/mol. The third kappa shape index (κ3) is 9.53. The monoisotopic (exact) mass is 544 g/mol. The van der Waals surface area contributed by atoms with Gasteiger partial charge in [-0.1, -0.05) is 17.7 Å². The summed E-state index contributed by atoms with van der Waals surface area (Å²) in [5, 5.41) is 7.05. The van der Waals surface area contributed by atoms with Crippen LogP contribution in [0.1, 0.15) is 44.6 Å². The normalized spacial score (nSPS) is 20.3. The number of nitrogens with one attached hydrogen (secondary N) is 2. The van der Waals surface area contributed by atoms with Gasteiger partial charge in [0.25, 0.3) is 0 Å². The number of aryl methyl sites for hydroxylation is 1. The molecule has 0 bridgehead atoms. The van der Waals surface area contributed by atoms with Crippen LogP contribution in [0.25, 0.3) is 0 Å². The number of nitrogens with zero attached hydrogens (tertiary/aromatic N) is 2. The predicted molar refractivity (Wildman–Crippen MR) is 140 cm³/mol. The molecule has 2 aliphatic heterocycles. The van der Waals surface area contributed by atoms with E-state index in [2.05, 4.69) is 53.6 Å². The Bertz CT molecular complexity index is 635. The quantitative estimate of drug-likeness (QED) is 0.213. The number of benzene rings is 1. The molecule has 0 saturated carbocycles. The molecule has 1 aromatic carbocycles. The molecule has 2 N–H and O–H groups in total. The van der Waals surface area contributed by atoms with Crippen molar-refractivity contribution in [3.05, 3.63) is 29.8 Å². The molecule has 0 aromatic heterocycles. The summed E-state index contributed by atoms with van der Waals surface area (Å²) in [5.74, 6) is 1.60. The Labute approximate surface area is 205 Å². The van der Waals surface area contributed by atoms with Crippen molar-refractivity contribution in [3.63, 3.8) is 0 Å². The lowest BCUT2D eigenvalue weighted by Gasteiger charge is -2.35. The van der Waals surface area contributed by atoms with Gasteiger partial charge in [0.05, 0.1) is 0 Å². The molecular formula is C24H41IN4O2. The molecule has 2 fully saturated rings. The van der Waals surface area contributed by atoms with E-state index in [0.29, 0.717) is 12.0 Å². The Morgan fingerprint density at radius 2 is 1.97 bits per heavy atom. The molecule has 2 saturated heterocycles. The van der Waals surface area contributed by atoms with Crippen molar-refractivity contribution < 1.29 is 9.47 Å². The van der Waals surface area contributed by atoms with E-state index in [1.807, 2.05) is 0 Å². The van der Waals surface area contributed by atoms with Gasteiger partial charge >= 0.3 is 0 Å². The zero-order valence-electron chi connectivity index (χ0n) is 19.3. The molecule has 31 heavy (non-hydrogen) atoms. The summed E-state index contributed by atoms with van der Waals surface area (Å²) in [6.45, 7) is 11.5. The molecule has 1 unspecified atom stereocenters. The third-order valence-corrected chi connectivity index (χ3v) is 5.92. The summed E-state index contributed by atoms with van der Waals surface area (Å²) in [7, 11) is 0. The fraction of sp³-hybridized carbons (Fsp3) is 0.708. The highest BCUT2D eigenvalue weighted by molar-refractivity contribution is 14.0. The Balaban J connectivity index is 0.00000341. The van der Waals surface area contributed by atoms with Gasteiger partial charge in [-0.05, 0) is 64.0 Å². The van der Waals surface area contributed by atoms with E-state index in [1.54, 1.807) is 0 Å². The zero-order chi connectivity index (χ0) is 21.0. The van der Waals surface area contributed by atoms with Gasteiger partial charge in [-0.15, -0.1) is 24.0 Å². The Hall–Kier alpha value is -1.06. The number of hydrogen-bond acceptors (Lipinski definition) is 4. The molecule has 2 aliphatic rings. The largest absolute Gasteiger partial charge is 0.381 e. The fourth-order valence-corrected chi connectivity index (χ4v) is 4.12. The highest BCUT2D eigenvalue weighted by Crippen LogP contribution is 2.20. The number of rotatable bonds is 9. The summed E-state index contributed by atoms with van der Waals surface area (Å²) in [4.78, 5) is 7.26. The Kier molecular flexibility index (Phi) is 12.6. The van der Waals surface area contributed by atoms with Gasteiger partial charge in [0.1, 0.15) is 0 Å². The molecule has 2 heterocycles.